The van der Waals surface area contributed by atoms with E-state index >= 15 is 0 Å². The van der Waals surface area contributed by atoms with Crippen molar-refractivity contribution >= 4 is 17.4 Å². The molecule has 2 rings (SSSR count). The molecule has 0 radical (unpaired) electrons. The van der Waals surface area contributed by atoms with Crippen molar-refractivity contribution in [2.75, 3.05) is 5.32 Å². The summed E-state index contributed by atoms with van der Waals surface area (Å²) < 4.78 is 13.4. The molecule has 0 aliphatic heterocycles. The van der Waals surface area contributed by atoms with Gasteiger partial charge in [-0.3, -0.25) is 5.10 Å². The van der Waals surface area contributed by atoms with Crippen molar-refractivity contribution in [2.24, 2.45) is 0 Å². The predicted molar refractivity (Wildman–Crippen MR) is 59.8 cm³/mol. The van der Waals surface area contributed by atoms with Gasteiger partial charge in [-0.1, -0.05) is 11.6 Å². The molecule has 84 valence electrons. The highest BCUT2D eigenvalue weighted by atomic mass is 35.5. The van der Waals surface area contributed by atoms with Crippen LogP contribution in [0.3, 0.4) is 0 Å². The third-order valence-corrected chi connectivity index (χ3v) is 2.39. The molecular formula is C10H10ClFN4. The van der Waals surface area contributed by atoms with Gasteiger partial charge >= 0.3 is 0 Å². The van der Waals surface area contributed by atoms with Gasteiger partial charge in [0.25, 0.3) is 0 Å². The van der Waals surface area contributed by atoms with E-state index in [4.69, 9.17) is 11.6 Å². The highest BCUT2D eigenvalue weighted by Gasteiger charge is 2.10. The second kappa shape index (κ2) is 4.49. The van der Waals surface area contributed by atoms with E-state index in [1.54, 1.807) is 12.4 Å². The van der Waals surface area contributed by atoms with Gasteiger partial charge in [-0.05, 0) is 13.0 Å². The standard InChI is InChI=1S/C10H10ClFN4/c1-6(7-3-14-15-4-7)16-10-9(12)2-8(11)5-13-10/h2-6H,1H3,(H,13,16)(H,14,15). The number of anilines is 1. The SMILES string of the molecule is CC(Nc1ncc(Cl)cc1F)c1cn[nH]c1. The van der Waals surface area contributed by atoms with Gasteiger partial charge in [0, 0.05) is 18.0 Å². The van der Waals surface area contributed by atoms with Crippen LogP contribution >= 0.6 is 11.6 Å². The highest BCUT2D eigenvalue weighted by molar-refractivity contribution is 6.30. The number of hydrogen-bond acceptors (Lipinski definition) is 3. The topological polar surface area (TPSA) is 53.6 Å². The number of nitrogens with one attached hydrogen (secondary N) is 2. The van der Waals surface area contributed by atoms with E-state index in [2.05, 4.69) is 20.5 Å². The van der Waals surface area contributed by atoms with E-state index in [-0.39, 0.29) is 16.9 Å². The molecule has 0 aliphatic carbocycles. The van der Waals surface area contributed by atoms with Crippen LogP contribution in [0.25, 0.3) is 0 Å². The van der Waals surface area contributed by atoms with Crippen LogP contribution in [0.1, 0.15) is 18.5 Å². The van der Waals surface area contributed by atoms with Crippen molar-refractivity contribution in [3.05, 3.63) is 41.1 Å². The summed E-state index contributed by atoms with van der Waals surface area (Å²) in [5, 5.41) is 9.73. The number of aromatic amines is 1. The molecule has 0 spiro atoms. The predicted octanol–water partition coefficient (Wildman–Crippen LogP) is 2.77. The lowest BCUT2D eigenvalue weighted by Gasteiger charge is -2.13. The lowest BCUT2D eigenvalue weighted by Crippen LogP contribution is -2.08. The molecule has 2 aromatic heterocycles. The zero-order valence-corrected chi connectivity index (χ0v) is 9.29. The minimum atomic E-state index is -0.470. The van der Waals surface area contributed by atoms with E-state index in [0.29, 0.717) is 0 Å². The van der Waals surface area contributed by atoms with Crippen molar-refractivity contribution in [1.82, 2.24) is 15.2 Å². The molecule has 0 aliphatic rings. The van der Waals surface area contributed by atoms with Crippen molar-refractivity contribution in [2.45, 2.75) is 13.0 Å². The summed E-state index contributed by atoms with van der Waals surface area (Å²) in [4.78, 5) is 3.88. The highest BCUT2D eigenvalue weighted by Crippen LogP contribution is 2.20. The molecule has 0 aromatic carbocycles. The molecular weight excluding hydrogens is 231 g/mol. The van der Waals surface area contributed by atoms with Gasteiger partial charge in [-0.15, -0.1) is 0 Å². The third-order valence-electron chi connectivity index (χ3n) is 2.18. The first-order valence-corrected chi connectivity index (χ1v) is 5.11. The number of nitrogens with zero attached hydrogens (tertiary/aromatic N) is 2. The van der Waals surface area contributed by atoms with Gasteiger partial charge < -0.3 is 5.32 Å². The maximum atomic E-state index is 13.4. The van der Waals surface area contributed by atoms with Gasteiger partial charge in [-0.25, -0.2) is 9.37 Å². The average Bonchev–Trinajstić information content (AvgIpc) is 2.75. The van der Waals surface area contributed by atoms with Crippen molar-refractivity contribution in [3.8, 4) is 0 Å². The summed E-state index contributed by atoms with van der Waals surface area (Å²) in [5.41, 5.74) is 0.927. The maximum absolute atomic E-state index is 13.4. The van der Waals surface area contributed by atoms with Crippen molar-refractivity contribution in [1.29, 1.82) is 0 Å². The number of pyridine rings is 1. The Morgan fingerprint density at radius 3 is 2.94 bits per heavy atom. The van der Waals surface area contributed by atoms with E-state index in [0.717, 1.165) is 5.56 Å². The fourth-order valence-electron chi connectivity index (χ4n) is 1.31. The van der Waals surface area contributed by atoms with Crippen LogP contribution in [0.15, 0.2) is 24.7 Å². The Bertz CT molecular complexity index is 472. The minimum Gasteiger partial charge on any atom is -0.361 e. The second-order valence-corrected chi connectivity index (χ2v) is 3.82. The van der Waals surface area contributed by atoms with E-state index in [9.17, 15) is 4.39 Å². The number of aromatic nitrogens is 3. The van der Waals surface area contributed by atoms with E-state index < -0.39 is 5.82 Å². The van der Waals surface area contributed by atoms with Gasteiger partial charge in [0.15, 0.2) is 11.6 Å². The molecule has 1 unspecified atom stereocenters. The maximum Gasteiger partial charge on any atom is 0.166 e. The van der Waals surface area contributed by atoms with Crippen LogP contribution in [-0.2, 0) is 0 Å². The van der Waals surface area contributed by atoms with E-state index in [1.807, 2.05) is 6.92 Å². The number of hydrogen-bond donors (Lipinski definition) is 2. The first kappa shape index (κ1) is 10.9. The van der Waals surface area contributed by atoms with Crippen LogP contribution in [0.4, 0.5) is 10.2 Å². The second-order valence-electron chi connectivity index (χ2n) is 3.38. The van der Waals surface area contributed by atoms with E-state index in [1.165, 1.54) is 12.3 Å². The molecule has 0 bridgehead atoms. The summed E-state index contributed by atoms with van der Waals surface area (Å²) in [5.74, 6) is -0.291. The minimum absolute atomic E-state index is 0.0816. The van der Waals surface area contributed by atoms with Gasteiger partial charge in [0.05, 0.1) is 17.3 Å². The molecule has 4 nitrogen and oxygen atoms in total. The normalized spacial score (nSPS) is 12.4. The Hall–Kier alpha value is -1.62. The number of halogens is 2. The molecule has 0 amide bonds. The van der Waals surface area contributed by atoms with Crippen LogP contribution < -0.4 is 5.32 Å². The molecule has 16 heavy (non-hydrogen) atoms. The van der Waals surface area contributed by atoms with Crippen LogP contribution in [0.5, 0.6) is 0 Å². The summed E-state index contributed by atoms with van der Waals surface area (Å²) in [6.45, 7) is 1.89. The first-order valence-electron chi connectivity index (χ1n) is 4.73. The zero-order chi connectivity index (χ0) is 11.5. The number of rotatable bonds is 3. The van der Waals surface area contributed by atoms with Gasteiger partial charge in [-0.2, -0.15) is 5.10 Å². The molecule has 6 heteroatoms. The Morgan fingerprint density at radius 1 is 1.50 bits per heavy atom. The van der Waals surface area contributed by atoms with Crippen molar-refractivity contribution < 1.29 is 4.39 Å². The molecule has 0 saturated heterocycles. The average molecular weight is 241 g/mol. The summed E-state index contributed by atoms with van der Waals surface area (Å²) in [7, 11) is 0. The molecule has 2 heterocycles. The smallest absolute Gasteiger partial charge is 0.166 e. The monoisotopic (exact) mass is 240 g/mol. The van der Waals surface area contributed by atoms with Crippen LogP contribution in [0.2, 0.25) is 5.02 Å². The summed E-state index contributed by atoms with van der Waals surface area (Å²) in [6.07, 6.45) is 4.81. The van der Waals surface area contributed by atoms with Gasteiger partial charge in [0.1, 0.15) is 0 Å². The quantitative estimate of drug-likeness (QED) is 0.867. The molecule has 2 N–H and O–H groups in total. The lowest BCUT2D eigenvalue weighted by atomic mass is 10.2. The molecule has 0 saturated carbocycles. The molecule has 2 aromatic rings. The molecule has 1 atom stereocenters. The van der Waals surface area contributed by atoms with Crippen LogP contribution in [0, 0.1) is 5.82 Å². The summed E-state index contributed by atoms with van der Waals surface area (Å²) >= 11 is 5.61. The van der Waals surface area contributed by atoms with Gasteiger partial charge in [0.2, 0.25) is 0 Å². The zero-order valence-electron chi connectivity index (χ0n) is 8.54. The Balaban J connectivity index is 2.15. The largest absolute Gasteiger partial charge is 0.361 e. The fourth-order valence-corrected chi connectivity index (χ4v) is 1.45. The Labute approximate surface area is 96.9 Å². The lowest BCUT2D eigenvalue weighted by molar-refractivity contribution is 0.621. The fraction of sp³-hybridized carbons (Fsp3) is 0.200. The third kappa shape index (κ3) is 2.30. The van der Waals surface area contributed by atoms with Crippen molar-refractivity contribution in [3.63, 3.8) is 0 Å². The Morgan fingerprint density at radius 2 is 2.31 bits per heavy atom. The Kier molecular flexibility index (Phi) is 3.05. The molecule has 0 fully saturated rings. The summed E-state index contributed by atoms with van der Waals surface area (Å²) in [6, 6.07) is 1.14. The number of H-pyrrole nitrogens is 1. The van der Waals surface area contributed by atoms with Crippen LogP contribution in [-0.4, -0.2) is 15.2 Å². The first-order chi connectivity index (χ1) is 7.66.